The Labute approximate surface area is 99.4 Å². The van der Waals surface area contributed by atoms with Gasteiger partial charge in [0.15, 0.2) is 0 Å². The lowest BCUT2D eigenvalue weighted by Crippen LogP contribution is -2.19. The molecule has 0 bridgehead atoms. The van der Waals surface area contributed by atoms with Crippen molar-refractivity contribution in [2.24, 2.45) is 0 Å². The van der Waals surface area contributed by atoms with Crippen molar-refractivity contribution in [1.29, 1.82) is 0 Å². The second-order valence-corrected chi connectivity index (χ2v) is 3.51. The summed E-state index contributed by atoms with van der Waals surface area (Å²) in [5.41, 5.74) is 1.21. The maximum absolute atomic E-state index is 11.6. The Morgan fingerprint density at radius 2 is 2.12 bits per heavy atom. The summed E-state index contributed by atoms with van der Waals surface area (Å²) in [6, 6.07) is 5.08. The lowest BCUT2D eigenvalue weighted by atomic mass is 10.0. The molecule has 0 heterocycles. The van der Waals surface area contributed by atoms with E-state index in [0.717, 1.165) is 5.56 Å². The van der Waals surface area contributed by atoms with Gasteiger partial charge in [-0.25, -0.2) is 0 Å². The predicted octanol–water partition coefficient (Wildman–Crippen LogP) is 1.07. The van der Waals surface area contributed by atoms with Gasteiger partial charge in [-0.3, -0.25) is 9.59 Å². The minimum atomic E-state index is -0.859. The molecular weight excluding hydrogens is 222 g/mol. The first-order chi connectivity index (χ1) is 8.08. The average Bonchev–Trinajstić information content (AvgIpc) is 2.34. The van der Waals surface area contributed by atoms with Gasteiger partial charge in [0.05, 0.1) is 12.7 Å². The van der Waals surface area contributed by atoms with Crippen LogP contribution in [0.5, 0.6) is 5.75 Å². The van der Waals surface area contributed by atoms with Crippen LogP contribution in [0.3, 0.4) is 0 Å². The quantitative estimate of drug-likeness (QED) is 0.803. The normalized spacial score (nSPS) is 9.76. The average molecular weight is 237 g/mol. The zero-order chi connectivity index (χ0) is 12.8. The van der Waals surface area contributed by atoms with Gasteiger partial charge >= 0.3 is 5.97 Å². The Hall–Kier alpha value is -2.04. The molecule has 1 rings (SSSR count). The first-order valence-electron chi connectivity index (χ1n) is 5.19. The van der Waals surface area contributed by atoms with Crippen LogP contribution in [0.1, 0.15) is 22.3 Å². The van der Waals surface area contributed by atoms with Gasteiger partial charge in [0, 0.05) is 13.5 Å². The highest BCUT2D eigenvalue weighted by molar-refractivity contribution is 5.96. The van der Waals surface area contributed by atoms with Crippen LogP contribution in [0.2, 0.25) is 0 Å². The van der Waals surface area contributed by atoms with Crippen molar-refractivity contribution in [3.8, 4) is 5.75 Å². The first-order valence-corrected chi connectivity index (χ1v) is 5.19. The van der Waals surface area contributed by atoms with Gasteiger partial charge < -0.3 is 15.2 Å². The molecule has 0 aliphatic carbocycles. The van der Waals surface area contributed by atoms with Crippen molar-refractivity contribution < 1.29 is 19.4 Å². The van der Waals surface area contributed by atoms with E-state index in [1.807, 2.05) is 0 Å². The molecule has 2 N–H and O–H groups in total. The van der Waals surface area contributed by atoms with E-state index in [1.165, 1.54) is 14.2 Å². The van der Waals surface area contributed by atoms with E-state index in [-0.39, 0.29) is 12.3 Å². The number of benzene rings is 1. The third kappa shape index (κ3) is 3.48. The summed E-state index contributed by atoms with van der Waals surface area (Å²) >= 11 is 0. The van der Waals surface area contributed by atoms with Crippen molar-refractivity contribution >= 4 is 11.9 Å². The number of amides is 1. The molecule has 17 heavy (non-hydrogen) atoms. The maximum Gasteiger partial charge on any atom is 0.303 e. The van der Waals surface area contributed by atoms with Crippen LogP contribution in [0.25, 0.3) is 0 Å². The Morgan fingerprint density at radius 3 is 2.65 bits per heavy atom. The molecular formula is C12H15NO4. The van der Waals surface area contributed by atoms with Crippen LogP contribution in [0.4, 0.5) is 0 Å². The number of carbonyl (C=O) groups is 2. The SMILES string of the molecule is CNC(=O)c1cc(CCC(=O)O)ccc1OC. The number of carboxylic acids is 1. The van der Waals surface area contributed by atoms with Gasteiger partial charge in [0.1, 0.15) is 5.75 Å². The predicted molar refractivity (Wildman–Crippen MR) is 62.3 cm³/mol. The second-order valence-electron chi connectivity index (χ2n) is 3.51. The lowest BCUT2D eigenvalue weighted by molar-refractivity contribution is -0.136. The Balaban J connectivity index is 2.96. The molecule has 1 aromatic carbocycles. The molecule has 0 aliphatic heterocycles. The van der Waals surface area contributed by atoms with Gasteiger partial charge in [-0.2, -0.15) is 0 Å². The van der Waals surface area contributed by atoms with Crippen LogP contribution < -0.4 is 10.1 Å². The number of rotatable bonds is 5. The van der Waals surface area contributed by atoms with Crippen molar-refractivity contribution in [1.82, 2.24) is 5.32 Å². The summed E-state index contributed by atoms with van der Waals surface area (Å²) in [7, 11) is 3.02. The monoisotopic (exact) mass is 237 g/mol. The molecule has 0 saturated carbocycles. The van der Waals surface area contributed by atoms with E-state index < -0.39 is 5.97 Å². The number of carbonyl (C=O) groups excluding carboxylic acids is 1. The molecule has 0 saturated heterocycles. The third-order valence-electron chi connectivity index (χ3n) is 2.36. The second kappa shape index (κ2) is 5.89. The molecule has 0 atom stereocenters. The minimum Gasteiger partial charge on any atom is -0.496 e. The van der Waals surface area contributed by atoms with Gasteiger partial charge in [-0.05, 0) is 24.1 Å². The molecule has 0 fully saturated rings. The van der Waals surface area contributed by atoms with E-state index in [9.17, 15) is 9.59 Å². The van der Waals surface area contributed by atoms with Gasteiger partial charge in [-0.15, -0.1) is 0 Å². The molecule has 0 spiro atoms. The Bertz CT molecular complexity index is 429. The van der Waals surface area contributed by atoms with Crippen LogP contribution in [0.15, 0.2) is 18.2 Å². The van der Waals surface area contributed by atoms with E-state index >= 15 is 0 Å². The number of hydrogen-bond donors (Lipinski definition) is 2. The molecule has 5 heteroatoms. The number of carboxylic acid groups (broad SMARTS) is 1. The standard InChI is InChI=1S/C12H15NO4/c1-13-12(16)9-7-8(4-6-11(14)15)3-5-10(9)17-2/h3,5,7H,4,6H2,1-2H3,(H,13,16)(H,14,15). The summed E-state index contributed by atoms with van der Waals surface area (Å²) in [5, 5.41) is 11.1. The Morgan fingerprint density at radius 1 is 1.41 bits per heavy atom. The zero-order valence-electron chi connectivity index (χ0n) is 9.82. The smallest absolute Gasteiger partial charge is 0.303 e. The van der Waals surface area contributed by atoms with Gasteiger partial charge in [-0.1, -0.05) is 6.07 Å². The number of nitrogens with one attached hydrogen (secondary N) is 1. The summed E-state index contributed by atoms with van der Waals surface area (Å²) in [6.07, 6.45) is 0.433. The molecule has 0 radical (unpaired) electrons. The molecule has 1 aromatic rings. The highest BCUT2D eigenvalue weighted by atomic mass is 16.5. The Kier molecular flexibility index (Phi) is 4.51. The summed E-state index contributed by atoms with van der Waals surface area (Å²) in [4.78, 5) is 22.0. The first kappa shape index (κ1) is 13.0. The van der Waals surface area contributed by atoms with E-state index in [0.29, 0.717) is 17.7 Å². The fourth-order valence-electron chi connectivity index (χ4n) is 1.47. The summed E-state index contributed by atoms with van der Waals surface area (Å²) in [5.74, 6) is -0.634. The topological polar surface area (TPSA) is 75.6 Å². The largest absolute Gasteiger partial charge is 0.496 e. The van der Waals surface area contributed by atoms with Crippen LogP contribution in [-0.2, 0) is 11.2 Å². The van der Waals surface area contributed by atoms with Gasteiger partial charge in [0.2, 0.25) is 0 Å². The summed E-state index contributed by atoms with van der Waals surface area (Å²) < 4.78 is 5.07. The number of aliphatic carboxylic acids is 1. The van der Waals surface area contributed by atoms with E-state index in [1.54, 1.807) is 18.2 Å². The van der Waals surface area contributed by atoms with Crippen molar-refractivity contribution in [2.75, 3.05) is 14.2 Å². The van der Waals surface area contributed by atoms with Gasteiger partial charge in [0.25, 0.3) is 5.91 Å². The number of ether oxygens (including phenoxy) is 1. The summed E-state index contributed by atoms with van der Waals surface area (Å²) in [6.45, 7) is 0. The van der Waals surface area contributed by atoms with Crippen LogP contribution in [-0.4, -0.2) is 31.1 Å². The van der Waals surface area contributed by atoms with Crippen molar-refractivity contribution in [3.63, 3.8) is 0 Å². The molecule has 1 amide bonds. The van der Waals surface area contributed by atoms with Crippen molar-refractivity contribution in [2.45, 2.75) is 12.8 Å². The third-order valence-corrected chi connectivity index (χ3v) is 2.36. The number of methoxy groups -OCH3 is 1. The fraction of sp³-hybridized carbons (Fsp3) is 0.333. The molecule has 0 aliphatic rings. The fourth-order valence-corrected chi connectivity index (χ4v) is 1.47. The number of hydrogen-bond acceptors (Lipinski definition) is 3. The maximum atomic E-state index is 11.6. The van der Waals surface area contributed by atoms with Crippen molar-refractivity contribution in [3.05, 3.63) is 29.3 Å². The number of aryl methyl sites for hydroxylation is 1. The van der Waals surface area contributed by atoms with E-state index in [2.05, 4.69) is 5.32 Å². The molecule has 92 valence electrons. The van der Waals surface area contributed by atoms with E-state index in [4.69, 9.17) is 9.84 Å². The molecule has 5 nitrogen and oxygen atoms in total. The highest BCUT2D eigenvalue weighted by Crippen LogP contribution is 2.20. The van der Waals surface area contributed by atoms with Crippen LogP contribution >= 0.6 is 0 Å². The highest BCUT2D eigenvalue weighted by Gasteiger charge is 2.11. The molecule has 0 aromatic heterocycles. The zero-order valence-corrected chi connectivity index (χ0v) is 9.82. The minimum absolute atomic E-state index is 0.0412. The molecule has 0 unspecified atom stereocenters. The lowest BCUT2D eigenvalue weighted by Gasteiger charge is -2.09. The van der Waals surface area contributed by atoms with Crippen LogP contribution in [0, 0.1) is 0 Å².